The third kappa shape index (κ3) is 2.42. The Hall–Kier alpha value is -1.77. The number of hydrogen-bond donors (Lipinski definition) is 1. The molecular formula is C13H17N3. The minimum absolute atomic E-state index is 0.280. The van der Waals surface area contributed by atoms with Gasteiger partial charge in [0, 0.05) is 24.0 Å². The maximum atomic E-state index is 4.27. The molecule has 16 heavy (non-hydrogen) atoms. The van der Waals surface area contributed by atoms with Crippen LogP contribution in [-0.2, 0) is 6.54 Å². The van der Waals surface area contributed by atoms with E-state index in [9.17, 15) is 0 Å². The van der Waals surface area contributed by atoms with Crippen LogP contribution in [0.5, 0.6) is 0 Å². The van der Waals surface area contributed by atoms with Crippen molar-refractivity contribution in [3.8, 4) is 0 Å². The van der Waals surface area contributed by atoms with E-state index in [2.05, 4.69) is 42.6 Å². The first-order valence-electron chi connectivity index (χ1n) is 5.63. The van der Waals surface area contributed by atoms with Crippen LogP contribution in [0.4, 0.5) is 5.69 Å². The number of hydrogen-bond acceptors (Lipinski definition) is 2. The molecule has 1 aromatic heterocycles. The van der Waals surface area contributed by atoms with Crippen LogP contribution in [0.25, 0.3) is 0 Å². The molecule has 0 amide bonds. The first kappa shape index (κ1) is 10.7. The Bertz CT molecular complexity index is 433. The summed E-state index contributed by atoms with van der Waals surface area (Å²) in [5.74, 6) is 0. The van der Waals surface area contributed by atoms with Crippen molar-refractivity contribution in [1.82, 2.24) is 9.78 Å². The van der Waals surface area contributed by atoms with Gasteiger partial charge >= 0.3 is 0 Å². The predicted molar refractivity (Wildman–Crippen MR) is 66.4 cm³/mol. The largest absolute Gasteiger partial charge is 0.378 e. The normalized spacial score (nSPS) is 12.4. The van der Waals surface area contributed by atoms with Crippen molar-refractivity contribution in [2.75, 3.05) is 5.32 Å². The van der Waals surface area contributed by atoms with Gasteiger partial charge in [-0.2, -0.15) is 5.10 Å². The molecule has 1 atom stereocenters. The van der Waals surface area contributed by atoms with Crippen LogP contribution < -0.4 is 5.32 Å². The number of aromatic nitrogens is 2. The van der Waals surface area contributed by atoms with Gasteiger partial charge in [-0.05, 0) is 26.0 Å². The summed E-state index contributed by atoms with van der Waals surface area (Å²) >= 11 is 0. The monoisotopic (exact) mass is 215 g/mol. The number of nitrogens with one attached hydrogen (secondary N) is 1. The second kappa shape index (κ2) is 4.84. The maximum absolute atomic E-state index is 4.27. The third-order valence-electron chi connectivity index (χ3n) is 2.63. The van der Waals surface area contributed by atoms with E-state index in [0.29, 0.717) is 0 Å². The lowest BCUT2D eigenvalue weighted by molar-refractivity contribution is 0.658. The minimum atomic E-state index is 0.280. The molecule has 2 aromatic rings. The zero-order valence-electron chi connectivity index (χ0n) is 9.72. The minimum Gasteiger partial charge on any atom is -0.378 e. The van der Waals surface area contributed by atoms with Gasteiger partial charge in [-0.15, -0.1) is 0 Å². The molecule has 0 aliphatic heterocycles. The topological polar surface area (TPSA) is 29.9 Å². The Kier molecular flexibility index (Phi) is 3.25. The van der Waals surface area contributed by atoms with E-state index in [1.54, 1.807) is 0 Å². The molecule has 1 heterocycles. The van der Waals surface area contributed by atoms with Crippen LogP contribution in [0.3, 0.4) is 0 Å². The molecule has 0 bridgehead atoms. The van der Waals surface area contributed by atoms with Crippen molar-refractivity contribution in [3.63, 3.8) is 0 Å². The van der Waals surface area contributed by atoms with Crippen molar-refractivity contribution in [2.24, 2.45) is 0 Å². The number of benzene rings is 1. The molecule has 0 radical (unpaired) electrons. The molecule has 0 saturated heterocycles. The van der Waals surface area contributed by atoms with Crippen LogP contribution in [0.2, 0.25) is 0 Å². The van der Waals surface area contributed by atoms with E-state index >= 15 is 0 Å². The van der Waals surface area contributed by atoms with E-state index in [0.717, 1.165) is 12.2 Å². The maximum Gasteiger partial charge on any atom is 0.0542 e. The summed E-state index contributed by atoms with van der Waals surface area (Å²) in [4.78, 5) is 0. The van der Waals surface area contributed by atoms with Gasteiger partial charge in [-0.1, -0.05) is 18.2 Å². The summed E-state index contributed by atoms with van der Waals surface area (Å²) in [7, 11) is 0. The molecule has 0 saturated carbocycles. The predicted octanol–water partition coefficient (Wildman–Crippen LogP) is 3.08. The second-order valence-electron chi connectivity index (χ2n) is 3.86. The van der Waals surface area contributed by atoms with Crippen LogP contribution in [0.1, 0.15) is 25.5 Å². The molecular weight excluding hydrogens is 198 g/mol. The van der Waals surface area contributed by atoms with Gasteiger partial charge in [0.25, 0.3) is 0 Å². The van der Waals surface area contributed by atoms with Crippen molar-refractivity contribution in [2.45, 2.75) is 26.4 Å². The molecule has 0 fully saturated rings. The standard InChI is InChI=1S/C13H17N3/c1-3-16-10-12(9-14-16)11(2)15-13-7-5-4-6-8-13/h4-11,15H,3H2,1-2H3. The average Bonchev–Trinajstić information content (AvgIpc) is 2.79. The summed E-state index contributed by atoms with van der Waals surface area (Å²) in [5.41, 5.74) is 2.35. The fourth-order valence-electron chi connectivity index (χ4n) is 1.64. The lowest BCUT2D eigenvalue weighted by Gasteiger charge is -2.13. The highest BCUT2D eigenvalue weighted by atomic mass is 15.3. The molecule has 3 nitrogen and oxygen atoms in total. The van der Waals surface area contributed by atoms with Crippen molar-refractivity contribution in [3.05, 3.63) is 48.3 Å². The van der Waals surface area contributed by atoms with Gasteiger partial charge in [0.2, 0.25) is 0 Å². The Balaban J connectivity index is 2.05. The van der Waals surface area contributed by atoms with Crippen LogP contribution in [0.15, 0.2) is 42.7 Å². The highest BCUT2D eigenvalue weighted by Gasteiger charge is 2.06. The lowest BCUT2D eigenvalue weighted by atomic mass is 10.2. The zero-order chi connectivity index (χ0) is 11.4. The Morgan fingerprint density at radius 2 is 2.06 bits per heavy atom. The lowest BCUT2D eigenvalue weighted by Crippen LogP contribution is -2.05. The molecule has 1 unspecified atom stereocenters. The van der Waals surface area contributed by atoms with E-state index in [-0.39, 0.29) is 6.04 Å². The van der Waals surface area contributed by atoms with Crippen molar-refractivity contribution >= 4 is 5.69 Å². The Morgan fingerprint density at radius 3 is 2.69 bits per heavy atom. The molecule has 84 valence electrons. The van der Waals surface area contributed by atoms with E-state index in [1.165, 1.54) is 5.56 Å². The molecule has 3 heteroatoms. The van der Waals surface area contributed by atoms with Gasteiger partial charge < -0.3 is 5.32 Å². The zero-order valence-corrected chi connectivity index (χ0v) is 9.72. The second-order valence-corrected chi connectivity index (χ2v) is 3.86. The molecule has 2 rings (SSSR count). The number of nitrogens with zero attached hydrogens (tertiary/aromatic N) is 2. The Labute approximate surface area is 96.1 Å². The number of rotatable bonds is 4. The first-order chi connectivity index (χ1) is 7.79. The fourth-order valence-corrected chi connectivity index (χ4v) is 1.64. The van der Waals surface area contributed by atoms with E-state index in [1.807, 2.05) is 29.1 Å². The third-order valence-corrected chi connectivity index (χ3v) is 2.63. The van der Waals surface area contributed by atoms with Gasteiger partial charge in [-0.3, -0.25) is 4.68 Å². The van der Waals surface area contributed by atoms with E-state index < -0.39 is 0 Å². The van der Waals surface area contributed by atoms with Gasteiger partial charge in [0.1, 0.15) is 0 Å². The first-order valence-corrected chi connectivity index (χ1v) is 5.63. The van der Waals surface area contributed by atoms with Crippen molar-refractivity contribution in [1.29, 1.82) is 0 Å². The van der Waals surface area contributed by atoms with Crippen LogP contribution in [0, 0.1) is 0 Å². The van der Waals surface area contributed by atoms with Crippen LogP contribution in [-0.4, -0.2) is 9.78 Å². The van der Waals surface area contributed by atoms with Gasteiger partial charge in [0.15, 0.2) is 0 Å². The molecule has 0 aliphatic rings. The van der Waals surface area contributed by atoms with Gasteiger partial charge in [0.05, 0.1) is 12.2 Å². The molecule has 0 aliphatic carbocycles. The summed E-state index contributed by atoms with van der Waals surface area (Å²) in [6.07, 6.45) is 4.00. The number of aryl methyl sites for hydroxylation is 1. The summed E-state index contributed by atoms with van der Waals surface area (Å²) < 4.78 is 1.94. The van der Waals surface area contributed by atoms with Crippen molar-refractivity contribution < 1.29 is 0 Å². The number of anilines is 1. The van der Waals surface area contributed by atoms with E-state index in [4.69, 9.17) is 0 Å². The Morgan fingerprint density at radius 1 is 1.31 bits per heavy atom. The summed E-state index contributed by atoms with van der Waals surface area (Å²) in [6, 6.07) is 10.5. The van der Waals surface area contributed by atoms with Gasteiger partial charge in [-0.25, -0.2) is 0 Å². The smallest absolute Gasteiger partial charge is 0.0542 e. The molecule has 1 N–H and O–H groups in total. The molecule has 0 spiro atoms. The highest BCUT2D eigenvalue weighted by molar-refractivity contribution is 5.44. The molecule has 1 aromatic carbocycles. The van der Waals surface area contributed by atoms with Crippen LogP contribution >= 0.6 is 0 Å². The fraction of sp³-hybridized carbons (Fsp3) is 0.308. The average molecular weight is 215 g/mol. The summed E-state index contributed by atoms with van der Waals surface area (Å²) in [6.45, 7) is 5.15. The quantitative estimate of drug-likeness (QED) is 0.849. The summed E-state index contributed by atoms with van der Waals surface area (Å²) in [5, 5.41) is 7.72. The SMILES string of the molecule is CCn1cc(C(C)Nc2ccccc2)cn1. The number of para-hydroxylation sites is 1. The highest BCUT2D eigenvalue weighted by Crippen LogP contribution is 2.17.